The van der Waals surface area contributed by atoms with E-state index in [0.29, 0.717) is 17.3 Å². The van der Waals surface area contributed by atoms with Crippen molar-refractivity contribution < 1.29 is 14.2 Å². The summed E-state index contributed by atoms with van der Waals surface area (Å²) in [6, 6.07) is 7.53. The molecule has 120 valence electrons. The maximum Gasteiger partial charge on any atom is 0.183 e. The molecule has 0 radical (unpaired) electrons. The number of hydrogen-bond donors (Lipinski definition) is 1. The quantitative estimate of drug-likeness (QED) is 0.699. The van der Waals surface area contributed by atoms with Crippen molar-refractivity contribution >= 4 is 22.8 Å². The highest BCUT2D eigenvalue weighted by Crippen LogP contribution is 2.33. The number of benzene rings is 1. The number of aromatic amines is 1. The molecule has 1 aromatic carbocycles. The van der Waals surface area contributed by atoms with Crippen molar-refractivity contribution in [3.05, 3.63) is 36.2 Å². The van der Waals surface area contributed by atoms with Crippen LogP contribution in [0.25, 0.3) is 11.0 Å². The van der Waals surface area contributed by atoms with E-state index in [9.17, 15) is 0 Å². The third kappa shape index (κ3) is 3.19. The van der Waals surface area contributed by atoms with Gasteiger partial charge in [-0.3, -0.25) is 4.98 Å². The average molecular weight is 331 g/mol. The van der Waals surface area contributed by atoms with Gasteiger partial charge >= 0.3 is 0 Å². The van der Waals surface area contributed by atoms with Crippen LogP contribution in [0.5, 0.6) is 17.2 Å². The van der Waals surface area contributed by atoms with Gasteiger partial charge in [-0.15, -0.1) is 0 Å². The van der Waals surface area contributed by atoms with Crippen LogP contribution in [0.1, 0.15) is 5.69 Å². The number of methoxy groups -OCH3 is 3. The molecular weight excluding hydrogens is 314 g/mol. The Labute approximate surface area is 138 Å². The molecule has 0 aliphatic heterocycles. The van der Waals surface area contributed by atoms with Crippen molar-refractivity contribution in [3.63, 3.8) is 0 Å². The molecule has 0 saturated heterocycles. The predicted molar refractivity (Wildman–Crippen MR) is 89.5 cm³/mol. The number of rotatable bonds is 6. The second-order valence-corrected chi connectivity index (χ2v) is 5.67. The molecule has 0 fully saturated rings. The molecular formula is C16H17N3O3S. The fourth-order valence-electron chi connectivity index (χ4n) is 2.25. The maximum atomic E-state index is 5.40. The lowest BCUT2D eigenvalue weighted by atomic mass is 10.3. The van der Waals surface area contributed by atoms with Gasteiger partial charge in [0.05, 0.1) is 38.1 Å². The molecule has 0 unspecified atom stereocenters. The third-order valence-electron chi connectivity index (χ3n) is 3.38. The molecule has 2 heterocycles. The number of H-pyrrole nitrogens is 1. The lowest BCUT2D eigenvalue weighted by Gasteiger charge is -2.10. The Morgan fingerprint density at radius 1 is 1.09 bits per heavy atom. The SMILES string of the molecule is COc1ccc2nc(SCc3nccc(OC)c3OC)[nH]c2c1. The van der Waals surface area contributed by atoms with Crippen LogP contribution in [0.3, 0.4) is 0 Å². The summed E-state index contributed by atoms with van der Waals surface area (Å²) in [4.78, 5) is 12.2. The Balaban J connectivity index is 1.81. The Hall–Kier alpha value is -2.41. The average Bonchev–Trinajstić information content (AvgIpc) is 3.01. The van der Waals surface area contributed by atoms with E-state index in [2.05, 4.69) is 15.0 Å². The molecule has 6 nitrogen and oxygen atoms in total. The fourth-order valence-corrected chi connectivity index (χ4v) is 3.07. The Morgan fingerprint density at radius 2 is 1.96 bits per heavy atom. The molecule has 0 bridgehead atoms. The van der Waals surface area contributed by atoms with Crippen LogP contribution in [-0.4, -0.2) is 36.3 Å². The highest BCUT2D eigenvalue weighted by atomic mass is 32.2. The maximum absolute atomic E-state index is 5.40. The number of thioether (sulfide) groups is 1. The number of aromatic nitrogens is 3. The van der Waals surface area contributed by atoms with Crippen LogP contribution in [0.4, 0.5) is 0 Å². The van der Waals surface area contributed by atoms with Gasteiger partial charge in [0.1, 0.15) is 5.75 Å². The summed E-state index contributed by atoms with van der Waals surface area (Å²) >= 11 is 1.56. The largest absolute Gasteiger partial charge is 0.497 e. The van der Waals surface area contributed by atoms with Crippen LogP contribution in [0.15, 0.2) is 35.6 Å². The van der Waals surface area contributed by atoms with Gasteiger partial charge in [0, 0.05) is 24.1 Å². The second kappa shape index (κ2) is 6.78. The summed E-state index contributed by atoms with van der Waals surface area (Å²) in [5.74, 6) is 2.75. The lowest BCUT2D eigenvalue weighted by molar-refractivity contribution is 0.350. The van der Waals surface area contributed by atoms with E-state index in [1.165, 1.54) is 0 Å². The summed E-state index contributed by atoms with van der Waals surface area (Å²) < 4.78 is 15.9. The monoisotopic (exact) mass is 331 g/mol. The fraction of sp³-hybridized carbons (Fsp3) is 0.250. The standard InChI is InChI=1S/C16H17N3O3S/c1-20-10-4-5-11-12(8-10)19-16(18-11)23-9-13-15(22-3)14(21-2)6-7-17-13/h4-8H,9H2,1-3H3,(H,18,19). The van der Waals surface area contributed by atoms with Gasteiger partial charge in [-0.05, 0) is 12.1 Å². The number of hydrogen-bond acceptors (Lipinski definition) is 6. The van der Waals surface area contributed by atoms with Crippen LogP contribution in [0, 0.1) is 0 Å². The summed E-state index contributed by atoms with van der Waals surface area (Å²) in [5.41, 5.74) is 2.66. The van der Waals surface area contributed by atoms with Crippen molar-refractivity contribution in [2.24, 2.45) is 0 Å². The smallest absolute Gasteiger partial charge is 0.183 e. The molecule has 2 aromatic heterocycles. The molecule has 0 atom stereocenters. The minimum absolute atomic E-state index is 0.622. The van der Waals surface area contributed by atoms with E-state index >= 15 is 0 Å². The van der Waals surface area contributed by atoms with E-state index in [0.717, 1.165) is 27.6 Å². The minimum atomic E-state index is 0.622. The number of imidazole rings is 1. The first-order chi connectivity index (χ1) is 11.2. The van der Waals surface area contributed by atoms with E-state index in [1.54, 1.807) is 45.4 Å². The minimum Gasteiger partial charge on any atom is -0.497 e. The number of fused-ring (bicyclic) bond motifs is 1. The molecule has 1 N–H and O–H groups in total. The summed E-state index contributed by atoms with van der Waals surface area (Å²) in [6.07, 6.45) is 1.71. The van der Waals surface area contributed by atoms with E-state index in [-0.39, 0.29) is 0 Å². The molecule has 0 spiro atoms. The Bertz CT molecular complexity index is 819. The van der Waals surface area contributed by atoms with Crippen molar-refractivity contribution in [2.45, 2.75) is 10.9 Å². The van der Waals surface area contributed by atoms with Crippen molar-refractivity contribution in [1.29, 1.82) is 0 Å². The highest BCUT2D eigenvalue weighted by molar-refractivity contribution is 7.98. The molecule has 0 aliphatic rings. The van der Waals surface area contributed by atoms with Crippen LogP contribution in [0.2, 0.25) is 0 Å². The highest BCUT2D eigenvalue weighted by Gasteiger charge is 2.12. The van der Waals surface area contributed by atoms with Crippen molar-refractivity contribution in [1.82, 2.24) is 15.0 Å². The first kappa shape index (κ1) is 15.5. The van der Waals surface area contributed by atoms with Gasteiger partial charge in [-0.2, -0.15) is 0 Å². The van der Waals surface area contributed by atoms with Gasteiger partial charge in [0.25, 0.3) is 0 Å². The Kier molecular flexibility index (Phi) is 4.57. The van der Waals surface area contributed by atoms with Crippen LogP contribution < -0.4 is 14.2 Å². The molecule has 0 aliphatic carbocycles. The zero-order chi connectivity index (χ0) is 16.2. The molecule has 3 aromatic rings. The molecule has 23 heavy (non-hydrogen) atoms. The lowest BCUT2D eigenvalue weighted by Crippen LogP contribution is -1.97. The molecule has 0 amide bonds. The van der Waals surface area contributed by atoms with E-state index in [4.69, 9.17) is 14.2 Å². The molecule has 0 saturated carbocycles. The third-order valence-corrected chi connectivity index (χ3v) is 4.26. The zero-order valence-electron chi connectivity index (χ0n) is 13.1. The zero-order valence-corrected chi connectivity index (χ0v) is 13.9. The number of nitrogens with zero attached hydrogens (tertiary/aromatic N) is 2. The summed E-state index contributed by atoms with van der Waals surface area (Å²) in [5, 5.41) is 0.819. The normalized spacial score (nSPS) is 10.7. The first-order valence-electron chi connectivity index (χ1n) is 6.97. The van der Waals surface area contributed by atoms with Crippen molar-refractivity contribution in [2.75, 3.05) is 21.3 Å². The molecule has 7 heteroatoms. The van der Waals surface area contributed by atoms with E-state index in [1.807, 2.05) is 18.2 Å². The topological polar surface area (TPSA) is 69.3 Å². The number of nitrogens with one attached hydrogen (secondary N) is 1. The van der Waals surface area contributed by atoms with Gasteiger partial charge in [0.2, 0.25) is 0 Å². The second-order valence-electron chi connectivity index (χ2n) is 4.71. The summed E-state index contributed by atoms with van der Waals surface area (Å²) in [7, 11) is 4.87. The van der Waals surface area contributed by atoms with Crippen molar-refractivity contribution in [3.8, 4) is 17.2 Å². The van der Waals surface area contributed by atoms with E-state index < -0.39 is 0 Å². The van der Waals surface area contributed by atoms with Gasteiger partial charge in [-0.25, -0.2) is 4.98 Å². The van der Waals surface area contributed by atoms with Gasteiger partial charge in [0.15, 0.2) is 16.7 Å². The summed E-state index contributed by atoms with van der Waals surface area (Å²) in [6.45, 7) is 0. The predicted octanol–water partition coefficient (Wildman–Crippen LogP) is 3.28. The number of ether oxygens (including phenoxy) is 3. The van der Waals surface area contributed by atoms with Gasteiger partial charge in [-0.1, -0.05) is 11.8 Å². The Morgan fingerprint density at radius 3 is 2.70 bits per heavy atom. The van der Waals surface area contributed by atoms with Gasteiger partial charge < -0.3 is 19.2 Å². The number of pyridine rings is 1. The molecule has 3 rings (SSSR count). The van der Waals surface area contributed by atoms with Crippen LogP contribution in [-0.2, 0) is 5.75 Å². The van der Waals surface area contributed by atoms with Crippen LogP contribution >= 0.6 is 11.8 Å². The first-order valence-corrected chi connectivity index (χ1v) is 7.96.